The number of nitro groups is 1. The zero-order chi connectivity index (χ0) is 19.1. The van der Waals surface area contributed by atoms with Crippen molar-refractivity contribution in [1.82, 2.24) is 5.32 Å². The van der Waals surface area contributed by atoms with E-state index in [1.54, 1.807) is 6.07 Å². The van der Waals surface area contributed by atoms with Gasteiger partial charge in [-0.1, -0.05) is 44.2 Å². The maximum atomic E-state index is 12.3. The molecule has 0 radical (unpaired) electrons. The number of anilines is 1. The van der Waals surface area contributed by atoms with Crippen LogP contribution in [-0.2, 0) is 4.79 Å². The average Bonchev–Trinajstić information content (AvgIpc) is 2.62. The Morgan fingerprint density at radius 1 is 1.19 bits per heavy atom. The Hall–Kier alpha value is -2.93. The standard InChI is InChI=1S/C19H23N3O4/c1-13(2)19(14-7-5-4-6-8-14)20-12-18(23)21-16-10-9-15(26-3)11-17(16)22(24)25/h4-11,13,19-20H,12H2,1-3H3,(H,21,23)/t19-/m1/s1. The molecule has 0 aromatic heterocycles. The lowest BCUT2D eigenvalue weighted by molar-refractivity contribution is -0.384. The Kier molecular flexibility index (Phi) is 6.68. The van der Waals surface area contributed by atoms with Crippen molar-refractivity contribution in [3.63, 3.8) is 0 Å². The predicted octanol–water partition coefficient (Wildman–Crippen LogP) is 3.53. The van der Waals surface area contributed by atoms with E-state index in [4.69, 9.17) is 4.74 Å². The number of carbonyl (C=O) groups is 1. The first-order valence-corrected chi connectivity index (χ1v) is 8.33. The van der Waals surface area contributed by atoms with Crippen LogP contribution >= 0.6 is 0 Å². The lowest BCUT2D eigenvalue weighted by Gasteiger charge is -2.22. The quantitative estimate of drug-likeness (QED) is 0.557. The first-order valence-electron chi connectivity index (χ1n) is 8.33. The number of rotatable bonds is 8. The molecule has 2 rings (SSSR count). The Bertz CT molecular complexity index is 763. The summed E-state index contributed by atoms with van der Waals surface area (Å²) in [6.07, 6.45) is 0. The van der Waals surface area contributed by atoms with Gasteiger partial charge in [0, 0.05) is 6.04 Å². The summed E-state index contributed by atoms with van der Waals surface area (Å²) in [5, 5.41) is 17.0. The van der Waals surface area contributed by atoms with Gasteiger partial charge in [-0.2, -0.15) is 0 Å². The summed E-state index contributed by atoms with van der Waals surface area (Å²) in [4.78, 5) is 22.9. The minimum absolute atomic E-state index is 0.00723. The number of methoxy groups -OCH3 is 1. The molecule has 0 fully saturated rings. The maximum Gasteiger partial charge on any atom is 0.296 e. The second-order valence-corrected chi connectivity index (χ2v) is 6.20. The molecule has 0 spiro atoms. The van der Waals surface area contributed by atoms with E-state index in [1.165, 1.54) is 19.2 Å². The van der Waals surface area contributed by atoms with E-state index in [1.807, 2.05) is 30.3 Å². The number of benzene rings is 2. The van der Waals surface area contributed by atoms with Crippen molar-refractivity contribution in [2.24, 2.45) is 5.92 Å². The molecule has 0 aliphatic heterocycles. The number of nitro benzene ring substituents is 1. The summed E-state index contributed by atoms with van der Waals surface area (Å²) in [6, 6.07) is 14.2. The number of nitrogens with zero attached hydrogens (tertiary/aromatic N) is 1. The molecule has 2 aromatic rings. The average molecular weight is 357 g/mol. The van der Waals surface area contributed by atoms with Crippen molar-refractivity contribution in [3.8, 4) is 5.75 Å². The monoisotopic (exact) mass is 357 g/mol. The van der Waals surface area contributed by atoms with Crippen LogP contribution in [0.1, 0.15) is 25.5 Å². The van der Waals surface area contributed by atoms with Gasteiger partial charge in [-0.05, 0) is 23.6 Å². The van der Waals surface area contributed by atoms with Crippen LogP contribution in [0.5, 0.6) is 5.75 Å². The van der Waals surface area contributed by atoms with Crippen LogP contribution in [0.2, 0.25) is 0 Å². The van der Waals surface area contributed by atoms with E-state index in [0.717, 1.165) is 5.56 Å². The van der Waals surface area contributed by atoms with E-state index in [2.05, 4.69) is 24.5 Å². The highest BCUT2D eigenvalue weighted by Gasteiger charge is 2.19. The molecule has 138 valence electrons. The van der Waals surface area contributed by atoms with Gasteiger partial charge in [0.1, 0.15) is 11.4 Å². The third-order valence-electron chi connectivity index (χ3n) is 3.98. The fraction of sp³-hybridized carbons (Fsp3) is 0.316. The lowest BCUT2D eigenvalue weighted by atomic mass is 9.96. The minimum Gasteiger partial charge on any atom is -0.496 e. The molecule has 0 bridgehead atoms. The van der Waals surface area contributed by atoms with Crippen molar-refractivity contribution >= 4 is 17.3 Å². The SMILES string of the molecule is COc1ccc(NC(=O)CN[C@@H](c2ccccc2)C(C)C)c([N+](=O)[O-])c1. The molecule has 2 N–H and O–H groups in total. The minimum atomic E-state index is -0.549. The smallest absolute Gasteiger partial charge is 0.296 e. The van der Waals surface area contributed by atoms with E-state index in [9.17, 15) is 14.9 Å². The van der Waals surface area contributed by atoms with Crippen LogP contribution in [0.15, 0.2) is 48.5 Å². The van der Waals surface area contributed by atoms with Gasteiger partial charge in [0.05, 0.1) is 24.6 Å². The highest BCUT2D eigenvalue weighted by molar-refractivity contribution is 5.94. The summed E-state index contributed by atoms with van der Waals surface area (Å²) in [7, 11) is 1.43. The van der Waals surface area contributed by atoms with E-state index in [0.29, 0.717) is 5.75 Å². The number of ether oxygens (including phenoxy) is 1. The zero-order valence-corrected chi connectivity index (χ0v) is 15.1. The molecule has 1 amide bonds. The Balaban J connectivity index is 2.05. The number of amides is 1. The van der Waals surface area contributed by atoms with Gasteiger partial charge in [0.2, 0.25) is 5.91 Å². The molecule has 0 saturated carbocycles. The van der Waals surface area contributed by atoms with E-state index in [-0.39, 0.29) is 35.8 Å². The molecule has 2 aromatic carbocycles. The molecular weight excluding hydrogens is 334 g/mol. The highest BCUT2D eigenvalue weighted by atomic mass is 16.6. The van der Waals surface area contributed by atoms with Gasteiger partial charge in [-0.25, -0.2) is 0 Å². The number of carbonyl (C=O) groups excluding carboxylic acids is 1. The summed E-state index contributed by atoms with van der Waals surface area (Å²) in [5.41, 5.74) is 1.02. The predicted molar refractivity (Wildman–Crippen MR) is 100 cm³/mol. The fourth-order valence-electron chi connectivity index (χ4n) is 2.69. The molecule has 0 unspecified atom stereocenters. The normalized spacial score (nSPS) is 11.8. The largest absolute Gasteiger partial charge is 0.496 e. The topological polar surface area (TPSA) is 93.5 Å². The van der Waals surface area contributed by atoms with Gasteiger partial charge in [0.15, 0.2) is 0 Å². The lowest BCUT2D eigenvalue weighted by Crippen LogP contribution is -2.33. The zero-order valence-electron chi connectivity index (χ0n) is 15.1. The van der Waals surface area contributed by atoms with Crippen molar-refractivity contribution in [1.29, 1.82) is 0 Å². The Labute approximate surface area is 152 Å². The Morgan fingerprint density at radius 2 is 1.88 bits per heavy atom. The van der Waals surface area contributed by atoms with Crippen molar-refractivity contribution < 1.29 is 14.5 Å². The summed E-state index contributed by atoms with van der Waals surface area (Å²) in [6.45, 7) is 4.18. The summed E-state index contributed by atoms with van der Waals surface area (Å²) in [5.74, 6) is 0.289. The first-order chi connectivity index (χ1) is 12.4. The van der Waals surface area contributed by atoms with Crippen molar-refractivity contribution in [3.05, 3.63) is 64.2 Å². The molecule has 1 atom stereocenters. The first kappa shape index (κ1) is 19.4. The van der Waals surface area contributed by atoms with Crippen LogP contribution in [0.4, 0.5) is 11.4 Å². The summed E-state index contributed by atoms with van der Waals surface area (Å²) >= 11 is 0. The second kappa shape index (κ2) is 8.96. The third kappa shape index (κ3) is 5.03. The van der Waals surface area contributed by atoms with Gasteiger partial charge in [0.25, 0.3) is 5.69 Å². The second-order valence-electron chi connectivity index (χ2n) is 6.20. The van der Waals surface area contributed by atoms with Crippen LogP contribution in [0.25, 0.3) is 0 Å². The fourth-order valence-corrected chi connectivity index (χ4v) is 2.69. The number of hydrogen-bond donors (Lipinski definition) is 2. The van der Waals surface area contributed by atoms with Gasteiger partial charge >= 0.3 is 0 Å². The highest BCUT2D eigenvalue weighted by Crippen LogP contribution is 2.29. The number of nitrogens with one attached hydrogen (secondary N) is 2. The van der Waals surface area contributed by atoms with Crippen LogP contribution in [0.3, 0.4) is 0 Å². The van der Waals surface area contributed by atoms with Gasteiger partial charge < -0.3 is 15.4 Å². The molecule has 0 aliphatic carbocycles. The molecule has 7 heteroatoms. The van der Waals surface area contributed by atoms with Crippen molar-refractivity contribution in [2.75, 3.05) is 19.0 Å². The van der Waals surface area contributed by atoms with Gasteiger partial charge in [-0.15, -0.1) is 0 Å². The summed E-state index contributed by atoms with van der Waals surface area (Å²) < 4.78 is 4.99. The van der Waals surface area contributed by atoms with Crippen LogP contribution < -0.4 is 15.4 Å². The van der Waals surface area contributed by atoms with Crippen LogP contribution in [-0.4, -0.2) is 24.5 Å². The molecule has 0 heterocycles. The third-order valence-corrected chi connectivity index (χ3v) is 3.98. The molecule has 26 heavy (non-hydrogen) atoms. The number of hydrogen-bond acceptors (Lipinski definition) is 5. The van der Waals surface area contributed by atoms with E-state index < -0.39 is 4.92 Å². The molecule has 0 saturated heterocycles. The van der Waals surface area contributed by atoms with Gasteiger partial charge in [-0.3, -0.25) is 14.9 Å². The molecular formula is C19H23N3O4. The Morgan fingerprint density at radius 3 is 2.46 bits per heavy atom. The maximum absolute atomic E-state index is 12.3. The van der Waals surface area contributed by atoms with Crippen molar-refractivity contribution in [2.45, 2.75) is 19.9 Å². The molecule has 0 aliphatic rings. The van der Waals surface area contributed by atoms with Crippen LogP contribution in [0, 0.1) is 16.0 Å². The molecule has 7 nitrogen and oxygen atoms in total. The van der Waals surface area contributed by atoms with E-state index >= 15 is 0 Å².